The summed E-state index contributed by atoms with van der Waals surface area (Å²) in [6.07, 6.45) is 5.63. The van der Waals surface area contributed by atoms with Gasteiger partial charge in [-0.3, -0.25) is 53.2 Å². The zero-order valence-electron chi connectivity index (χ0n) is 32.5. The van der Waals surface area contributed by atoms with Crippen molar-refractivity contribution in [1.82, 2.24) is 35.6 Å². The topological polar surface area (TPSA) is 241 Å². The molecule has 0 aliphatic carbocycles. The summed E-state index contributed by atoms with van der Waals surface area (Å²) in [6.45, 7) is 4.39. The molecule has 0 spiro atoms. The third kappa shape index (κ3) is 16.0. The number of thiocarbonyl (C=S) groups is 1. The van der Waals surface area contributed by atoms with Crippen molar-refractivity contribution < 1.29 is 48.9 Å². The van der Waals surface area contributed by atoms with Crippen LogP contribution in [0.25, 0.3) is 0 Å². The molecule has 4 amide bonds. The lowest BCUT2D eigenvalue weighted by molar-refractivity contribution is -0.140. The third-order valence-corrected chi connectivity index (χ3v) is 10.6. The lowest BCUT2D eigenvalue weighted by atomic mass is 9.97. The van der Waals surface area contributed by atoms with Crippen LogP contribution in [0.15, 0.2) is 36.4 Å². The summed E-state index contributed by atoms with van der Waals surface area (Å²) in [4.78, 5) is 91.7. The lowest BCUT2D eigenvalue weighted by Gasteiger charge is -2.33. The molecule has 0 aromatic heterocycles. The van der Waals surface area contributed by atoms with Crippen LogP contribution < -0.4 is 21.3 Å². The first-order chi connectivity index (χ1) is 27.1. The Bertz CT molecular complexity index is 1610. The van der Waals surface area contributed by atoms with Gasteiger partial charge >= 0.3 is 17.9 Å². The van der Waals surface area contributed by atoms with Crippen LogP contribution >= 0.6 is 24.0 Å². The second kappa shape index (κ2) is 23.6. The molecule has 0 bridgehead atoms. The van der Waals surface area contributed by atoms with Crippen LogP contribution in [0.2, 0.25) is 0 Å². The smallest absolute Gasteiger partial charge is 0.317 e. The highest BCUT2D eigenvalue weighted by Gasteiger charge is 2.31. The maximum absolute atomic E-state index is 13.6. The van der Waals surface area contributed by atoms with Crippen LogP contribution in [0.5, 0.6) is 0 Å². The lowest BCUT2D eigenvalue weighted by Crippen LogP contribution is -2.56. The molecule has 2 aliphatic heterocycles. The Labute approximate surface area is 341 Å². The van der Waals surface area contributed by atoms with E-state index < -0.39 is 53.6 Å². The van der Waals surface area contributed by atoms with Gasteiger partial charge in [0.15, 0.2) is 5.11 Å². The van der Waals surface area contributed by atoms with Gasteiger partial charge in [0.25, 0.3) is 11.8 Å². The van der Waals surface area contributed by atoms with E-state index in [9.17, 15) is 48.9 Å². The van der Waals surface area contributed by atoms with Gasteiger partial charge in [-0.15, -0.1) is 0 Å². The van der Waals surface area contributed by atoms with E-state index in [1.54, 1.807) is 38.6 Å². The Hall–Kier alpha value is -4.63. The molecule has 0 saturated carbocycles. The van der Waals surface area contributed by atoms with Crippen molar-refractivity contribution in [1.29, 1.82) is 0 Å². The van der Waals surface area contributed by atoms with E-state index in [4.69, 9.17) is 12.2 Å². The Morgan fingerprint density at radius 1 is 0.860 bits per heavy atom. The van der Waals surface area contributed by atoms with Gasteiger partial charge in [0.05, 0.1) is 19.6 Å². The number of carboxylic acids is 3. The summed E-state index contributed by atoms with van der Waals surface area (Å²) in [7, 11) is 0. The zero-order chi connectivity index (χ0) is 42.1. The summed E-state index contributed by atoms with van der Waals surface area (Å²) in [5.41, 5.74) is 1.45. The number of imide groups is 1. The fourth-order valence-corrected chi connectivity index (χ4v) is 7.18. The van der Waals surface area contributed by atoms with Crippen molar-refractivity contribution in [3.05, 3.63) is 42.0 Å². The SMILES string of the molecule is CCC(C)C(NC(=O)C(CCSC)NC(=S)Nc1ccc(CC2CN(CC(=O)O)CCN(CC(=O)O)CCN2CC(=O)O)cc1)C(=O)NCCN1C(=O)C=CC1=O. The number of carbonyl (C=O) groups excluding carboxylic acids is 4. The van der Waals surface area contributed by atoms with E-state index in [1.165, 1.54) is 12.2 Å². The number of aliphatic carboxylic acids is 3. The van der Waals surface area contributed by atoms with Gasteiger partial charge in [0, 0.05) is 69.7 Å². The van der Waals surface area contributed by atoms with Gasteiger partial charge in [-0.2, -0.15) is 11.8 Å². The molecule has 7 N–H and O–H groups in total. The minimum absolute atomic E-state index is 0.000582. The molecule has 3 rings (SSSR count). The summed E-state index contributed by atoms with van der Waals surface area (Å²) in [6, 6.07) is 5.19. The molecule has 4 unspecified atom stereocenters. The quantitative estimate of drug-likeness (QED) is 0.0624. The highest BCUT2D eigenvalue weighted by molar-refractivity contribution is 7.98. The van der Waals surface area contributed by atoms with Gasteiger partial charge in [-0.1, -0.05) is 32.4 Å². The number of hydrogen-bond donors (Lipinski definition) is 7. The maximum Gasteiger partial charge on any atom is 0.317 e. The molecule has 1 aromatic rings. The number of hydrogen-bond acceptors (Lipinski definition) is 12. The van der Waals surface area contributed by atoms with E-state index >= 15 is 0 Å². The van der Waals surface area contributed by atoms with Crippen molar-refractivity contribution in [2.24, 2.45) is 5.92 Å². The van der Waals surface area contributed by atoms with E-state index in [2.05, 4.69) is 21.3 Å². The van der Waals surface area contributed by atoms with Crippen molar-refractivity contribution in [2.75, 3.05) is 82.8 Å². The first kappa shape index (κ1) is 46.8. The first-order valence-electron chi connectivity index (χ1n) is 18.7. The summed E-state index contributed by atoms with van der Waals surface area (Å²) >= 11 is 7.13. The Morgan fingerprint density at radius 3 is 2.05 bits per heavy atom. The summed E-state index contributed by atoms with van der Waals surface area (Å²) < 4.78 is 0. The number of carbonyl (C=O) groups is 7. The fourth-order valence-electron chi connectivity index (χ4n) is 6.45. The number of nitrogens with zero attached hydrogens (tertiary/aromatic N) is 4. The molecule has 4 atom stereocenters. The monoisotopic (exact) mass is 834 g/mol. The predicted molar refractivity (Wildman–Crippen MR) is 218 cm³/mol. The second-order valence-electron chi connectivity index (χ2n) is 14.0. The highest BCUT2D eigenvalue weighted by atomic mass is 32.2. The number of nitrogens with one attached hydrogen (secondary N) is 4. The minimum Gasteiger partial charge on any atom is -0.480 e. The first-order valence-corrected chi connectivity index (χ1v) is 20.5. The molecule has 2 heterocycles. The van der Waals surface area contributed by atoms with Crippen molar-refractivity contribution in [3.63, 3.8) is 0 Å². The van der Waals surface area contributed by atoms with Crippen LogP contribution in [-0.2, 0) is 40.0 Å². The second-order valence-corrected chi connectivity index (χ2v) is 15.4. The number of amides is 4. The summed E-state index contributed by atoms with van der Waals surface area (Å²) in [5, 5.41) is 40.5. The van der Waals surface area contributed by atoms with Gasteiger partial charge in [-0.05, 0) is 60.7 Å². The van der Waals surface area contributed by atoms with E-state index in [1.807, 2.05) is 32.2 Å². The molecule has 1 fully saturated rings. The molecule has 1 aromatic carbocycles. The number of anilines is 1. The Kier molecular flexibility index (Phi) is 19.3. The zero-order valence-corrected chi connectivity index (χ0v) is 34.1. The molecule has 314 valence electrons. The van der Waals surface area contributed by atoms with Crippen LogP contribution in [0.3, 0.4) is 0 Å². The van der Waals surface area contributed by atoms with E-state index in [-0.39, 0.29) is 62.9 Å². The molecule has 2 aliphatic rings. The Morgan fingerprint density at radius 2 is 1.46 bits per heavy atom. The average Bonchev–Trinajstić information content (AvgIpc) is 3.50. The fraction of sp³-hybridized carbons (Fsp3) is 0.568. The number of benzene rings is 1. The van der Waals surface area contributed by atoms with Gasteiger partial charge in [0.2, 0.25) is 11.8 Å². The van der Waals surface area contributed by atoms with Crippen molar-refractivity contribution >= 4 is 76.3 Å². The predicted octanol–water partition coefficient (Wildman–Crippen LogP) is -0.249. The molecule has 18 nitrogen and oxygen atoms in total. The maximum atomic E-state index is 13.6. The normalized spacial score (nSPS) is 18.4. The van der Waals surface area contributed by atoms with E-state index in [0.717, 1.165) is 10.5 Å². The van der Waals surface area contributed by atoms with Crippen molar-refractivity contribution in [2.45, 2.75) is 51.2 Å². The van der Waals surface area contributed by atoms with Gasteiger partial charge < -0.3 is 36.6 Å². The van der Waals surface area contributed by atoms with Crippen LogP contribution in [0, 0.1) is 5.92 Å². The summed E-state index contributed by atoms with van der Waals surface area (Å²) in [5.74, 6) is -4.50. The minimum atomic E-state index is -1.05. The number of thioether (sulfide) groups is 1. The van der Waals surface area contributed by atoms with Crippen LogP contribution in [0.4, 0.5) is 5.69 Å². The van der Waals surface area contributed by atoms with Crippen LogP contribution in [0.1, 0.15) is 32.3 Å². The standard InChI is InChI=1S/C37H54N8O10S2/c1-4-24(2)34(36(55)38-12-13-45-29(46)9-10-30(45)47)41-35(54)28(11-18-57-3)40-37(56)39-26-7-5-25(6-8-26)19-27-20-43(22-32(50)51)15-14-42(21-31(48)49)16-17-44(27)23-33(52)53/h5-10,24,27-28,34H,4,11-23H2,1-3H3,(H,38,55)(H,41,54)(H,48,49)(H,50,51)(H,52,53)(H2,39,40,56). The number of carboxylic acid groups (broad SMARTS) is 3. The average molecular weight is 835 g/mol. The van der Waals surface area contributed by atoms with Crippen molar-refractivity contribution in [3.8, 4) is 0 Å². The van der Waals surface area contributed by atoms with E-state index in [0.29, 0.717) is 50.3 Å². The molecule has 57 heavy (non-hydrogen) atoms. The highest BCUT2D eigenvalue weighted by Crippen LogP contribution is 2.17. The largest absolute Gasteiger partial charge is 0.480 e. The Balaban J connectivity index is 1.67. The van der Waals surface area contributed by atoms with Gasteiger partial charge in [0.1, 0.15) is 12.1 Å². The molecule has 20 heteroatoms. The van der Waals surface area contributed by atoms with Crippen LogP contribution in [-0.4, -0.2) is 177 Å². The van der Waals surface area contributed by atoms with Gasteiger partial charge in [-0.25, -0.2) is 0 Å². The molecular weight excluding hydrogens is 781 g/mol. The molecule has 0 radical (unpaired) electrons. The molecular formula is C37H54N8O10S2. The molecule has 1 saturated heterocycles. The third-order valence-electron chi connectivity index (χ3n) is 9.72. The number of rotatable bonds is 21.